The smallest absolute Gasteiger partial charge is 0.268 e. The van der Waals surface area contributed by atoms with Gasteiger partial charge in [-0.1, -0.05) is 17.7 Å². The summed E-state index contributed by atoms with van der Waals surface area (Å²) >= 11 is 5.83. The molecule has 5 aromatic rings. The van der Waals surface area contributed by atoms with Crippen LogP contribution in [0.3, 0.4) is 0 Å². The molecule has 0 saturated heterocycles. The third kappa shape index (κ3) is 4.04. The minimum atomic E-state index is -0.753. The van der Waals surface area contributed by atoms with Gasteiger partial charge in [-0.25, -0.2) is 9.37 Å². The summed E-state index contributed by atoms with van der Waals surface area (Å²) in [6.07, 6.45) is 7.07. The normalized spacial score (nSPS) is 12.2. The summed E-state index contributed by atoms with van der Waals surface area (Å²) in [7, 11) is 1.84. The molecule has 1 atom stereocenters. The largest absolute Gasteiger partial charge is 0.394 e. The van der Waals surface area contributed by atoms with Crippen LogP contribution < -0.4 is 5.32 Å². The Bertz CT molecular complexity index is 1510. The highest BCUT2D eigenvalue weighted by atomic mass is 35.5. The number of fused-ring (bicyclic) bond motifs is 1. The molecule has 0 aliphatic heterocycles. The van der Waals surface area contributed by atoms with E-state index in [2.05, 4.69) is 30.6 Å². The molecule has 4 N–H and O–H groups in total. The third-order valence-electron chi connectivity index (χ3n) is 5.50. The lowest BCUT2D eigenvalue weighted by molar-refractivity contribution is 0.0911. The van der Waals surface area contributed by atoms with Gasteiger partial charge in [0.15, 0.2) is 5.65 Å². The predicted octanol–water partition coefficient (Wildman–Crippen LogP) is 3.61. The number of rotatable bonds is 6. The molecule has 0 saturated carbocycles. The van der Waals surface area contributed by atoms with Crippen LogP contribution in [-0.2, 0) is 7.05 Å². The molecule has 4 heterocycles. The maximum atomic E-state index is 13.5. The molecule has 1 unspecified atom stereocenters. The van der Waals surface area contributed by atoms with Crippen LogP contribution in [0.1, 0.15) is 22.1 Å². The van der Waals surface area contributed by atoms with Gasteiger partial charge in [0.1, 0.15) is 11.5 Å². The van der Waals surface area contributed by atoms with Gasteiger partial charge in [-0.05, 0) is 29.8 Å². The maximum Gasteiger partial charge on any atom is 0.268 e. The highest BCUT2D eigenvalue weighted by molar-refractivity contribution is 6.30. The molecule has 0 spiro atoms. The van der Waals surface area contributed by atoms with Gasteiger partial charge >= 0.3 is 0 Å². The molecular formula is C23H19ClFN7O2. The van der Waals surface area contributed by atoms with Gasteiger partial charge in [0.05, 0.1) is 29.6 Å². The number of halogens is 2. The number of benzene rings is 1. The van der Waals surface area contributed by atoms with E-state index in [9.17, 15) is 14.3 Å². The number of aromatic amines is 2. The number of nitrogens with one attached hydrogen (secondary N) is 3. The summed E-state index contributed by atoms with van der Waals surface area (Å²) in [5.41, 5.74) is 4.54. The summed E-state index contributed by atoms with van der Waals surface area (Å²) in [5, 5.41) is 24.6. The summed E-state index contributed by atoms with van der Waals surface area (Å²) in [6.45, 7) is -0.380. The summed E-state index contributed by atoms with van der Waals surface area (Å²) in [4.78, 5) is 20.2. The van der Waals surface area contributed by atoms with E-state index in [0.29, 0.717) is 22.5 Å². The maximum absolute atomic E-state index is 13.5. The second-order valence-corrected chi connectivity index (χ2v) is 8.19. The lowest BCUT2D eigenvalue weighted by atomic mass is 10.1. The van der Waals surface area contributed by atoms with Crippen molar-refractivity contribution in [1.29, 1.82) is 0 Å². The van der Waals surface area contributed by atoms with Crippen molar-refractivity contribution in [2.75, 3.05) is 6.61 Å². The number of aromatic nitrogens is 6. The first kappa shape index (κ1) is 21.8. The van der Waals surface area contributed by atoms with E-state index in [1.54, 1.807) is 29.3 Å². The second-order valence-electron chi connectivity index (χ2n) is 7.78. The number of H-pyrrole nitrogens is 2. The second kappa shape index (κ2) is 8.73. The van der Waals surface area contributed by atoms with Gasteiger partial charge < -0.3 is 15.4 Å². The number of pyridine rings is 1. The highest BCUT2D eigenvalue weighted by Gasteiger charge is 2.19. The van der Waals surface area contributed by atoms with E-state index in [4.69, 9.17) is 11.6 Å². The fourth-order valence-electron chi connectivity index (χ4n) is 3.72. The molecule has 0 fully saturated rings. The van der Waals surface area contributed by atoms with Crippen LogP contribution in [0.15, 0.2) is 55.1 Å². The van der Waals surface area contributed by atoms with Crippen LogP contribution in [0.25, 0.3) is 33.4 Å². The average molecular weight is 480 g/mol. The molecule has 1 aromatic carbocycles. The van der Waals surface area contributed by atoms with E-state index in [1.807, 2.05) is 19.3 Å². The number of aliphatic hydroxyl groups is 1. The van der Waals surface area contributed by atoms with Crippen molar-refractivity contribution in [3.8, 4) is 22.4 Å². The van der Waals surface area contributed by atoms with Crippen LogP contribution in [0.2, 0.25) is 5.02 Å². The summed E-state index contributed by atoms with van der Waals surface area (Å²) < 4.78 is 15.2. The Kier molecular flexibility index (Phi) is 5.60. The Morgan fingerprint density at radius 1 is 1.24 bits per heavy atom. The molecule has 0 aliphatic carbocycles. The molecular weight excluding hydrogens is 461 g/mol. The number of aliphatic hydroxyl groups excluding tert-OH is 1. The molecule has 0 aliphatic rings. The number of hydrogen-bond acceptors (Lipinski definition) is 5. The number of carbonyl (C=O) groups is 1. The molecule has 0 bridgehead atoms. The number of hydrogen-bond donors (Lipinski definition) is 4. The Balaban J connectivity index is 1.40. The predicted molar refractivity (Wildman–Crippen MR) is 125 cm³/mol. The van der Waals surface area contributed by atoms with Crippen LogP contribution in [0.5, 0.6) is 0 Å². The number of nitrogens with zero attached hydrogens (tertiary/aromatic N) is 4. The molecule has 5 rings (SSSR count). The first-order chi connectivity index (χ1) is 16.4. The molecule has 4 aromatic heterocycles. The Hall–Kier alpha value is -4.02. The van der Waals surface area contributed by atoms with E-state index >= 15 is 0 Å². The average Bonchev–Trinajstić information content (AvgIpc) is 3.58. The van der Waals surface area contributed by atoms with E-state index in [0.717, 1.165) is 16.5 Å². The Labute approximate surface area is 197 Å². The highest BCUT2D eigenvalue weighted by Crippen LogP contribution is 2.29. The van der Waals surface area contributed by atoms with Gasteiger partial charge in [-0.15, -0.1) is 0 Å². The van der Waals surface area contributed by atoms with Crippen molar-refractivity contribution in [3.05, 3.63) is 77.2 Å². The molecule has 11 heteroatoms. The zero-order valence-electron chi connectivity index (χ0n) is 17.9. The molecule has 34 heavy (non-hydrogen) atoms. The fraction of sp³-hybridized carbons (Fsp3) is 0.130. The molecule has 0 radical (unpaired) electrons. The zero-order valence-corrected chi connectivity index (χ0v) is 18.6. The van der Waals surface area contributed by atoms with Crippen molar-refractivity contribution < 1.29 is 14.3 Å². The summed E-state index contributed by atoms with van der Waals surface area (Å²) in [5.74, 6) is -1.01. The third-order valence-corrected chi connectivity index (χ3v) is 5.79. The van der Waals surface area contributed by atoms with Gasteiger partial charge in [0.2, 0.25) is 0 Å². The zero-order chi connectivity index (χ0) is 23.8. The van der Waals surface area contributed by atoms with Crippen LogP contribution in [0, 0.1) is 5.82 Å². The lowest BCUT2D eigenvalue weighted by Crippen LogP contribution is -2.31. The minimum absolute atomic E-state index is 0.0854. The SMILES string of the molecule is Cn1cc(-c2cnc3n[nH]c(-c4c[nH]c(C(=O)NC(CO)c5ccc(F)c(Cl)c5)c4)c3c2)cn1. The van der Waals surface area contributed by atoms with E-state index in [1.165, 1.54) is 18.2 Å². The van der Waals surface area contributed by atoms with Gasteiger partial charge in [0, 0.05) is 47.7 Å². The van der Waals surface area contributed by atoms with Crippen molar-refractivity contribution in [2.24, 2.45) is 7.05 Å². The number of carbonyl (C=O) groups excluding carboxylic acids is 1. The molecule has 9 nitrogen and oxygen atoms in total. The van der Waals surface area contributed by atoms with Crippen molar-refractivity contribution in [2.45, 2.75) is 6.04 Å². The Morgan fingerprint density at radius 2 is 2.09 bits per heavy atom. The number of amides is 1. The van der Waals surface area contributed by atoms with Crippen molar-refractivity contribution >= 4 is 28.5 Å². The van der Waals surface area contributed by atoms with Crippen LogP contribution >= 0.6 is 11.6 Å². The first-order valence-corrected chi connectivity index (χ1v) is 10.7. The summed E-state index contributed by atoms with van der Waals surface area (Å²) in [6, 6.07) is 6.91. The first-order valence-electron chi connectivity index (χ1n) is 10.3. The van der Waals surface area contributed by atoms with Crippen molar-refractivity contribution in [3.63, 3.8) is 0 Å². The lowest BCUT2D eigenvalue weighted by Gasteiger charge is -2.16. The topological polar surface area (TPSA) is 125 Å². The monoisotopic (exact) mass is 479 g/mol. The quantitative estimate of drug-likeness (QED) is 0.296. The number of aryl methyl sites for hydroxylation is 1. The van der Waals surface area contributed by atoms with Gasteiger partial charge in [0.25, 0.3) is 5.91 Å². The fourth-order valence-corrected chi connectivity index (χ4v) is 3.91. The van der Waals surface area contributed by atoms with Crippen molar-refractivity contribution in [1.82, 2.24) is 35.3 Å². The Morgan fingerprint density at radius 3 is 2.82 bits per heavy atom. The van der Waals surface area contributed by atoms with E-state index < -0.39 is 17.8 Å². The van der Waals surface area contributed by atoms with Crippen LogP contribution in [-0.4, -0.2) is 47.6 Å². The standard InChI is InChI=1S/C23H19ClFN7O2/c1-32-10-15(9-28-32)13-4-16-21(30-31-22(16)27-7-13)14-6-19(26-8-14)23(34)29-20(11-33)12-2-3-18(25)17(24)5-12/h2-10,20,26,33H,11H2,1H3,(H,29,34)(H,27,30,31). The molecule has 172 valence electrons. The molecule has 1 amide bonds. The van der Waals surface area contributed by atoms with Gasteiger partial charge in [-0.3, -0.25) is 14.6 Å². The van der Waals surface area contributed by atoms with E-state index in [-0.39, 0.29) is 17.3 Å². The minimum Gasteiger partial charge on any atom is -0.394 e. The van der Waals surface area contributed by atoms with Gasteiger partial charge in [-0.2, -0.15) is 10.2 Å². The van der Waals surface area contributed by atoms with Crippen LogP contribution in [0.4, 0.5) is 4.39 Å².